The molecule has 5 heteroatoms. The van der Waals surface area contributed by atoms with E-state index in [-0.39, 0.29) is 12.0 Å². The highest BCUT2D eigenvalue weighted by Gasteiger charge is 2.17. The minimum Gasteiger partial charge on any atom is -0.376 e. The Morgan fingerprint density at radius 1 is 1.59 bits per heavy atom. The van der Waals surface area contributed by atoms with Crippen molar-refractivity contribution in [2.45, 2.75) is 18.9 Å². The van der Waals surface area contributed by atoms with Crippen molar-refractivity contribution in [3.05, 3.63) is 33.3 Å². The maximum atomic E-state index is 11.9. The molecule has 0 radical (unpaired) electrons. The fourth-order valence-electron chi connectivity index (χ4n) is 1.78. The van der Waals surface area contributed by atoms with E-state index in [0.717, 1.165) is 23.9 Å². The summed E-state index contributed by atoms with van der Waals surface area (Å²) >= 11 is 9.29. The number of hydrogen-bond acceptors (Lipinski definition) is 2. The standard InChI is InChI=1S/C12H13BrClNO2/c13-8-3-4-11(14)10(6-8)12(16)15-7-9-2-1-5-17-9/h3-4,6,9H,1-2,5,7H2,(H,15,16). The topological polar surface area (TPSA) is 38.3 Å². The van der Waals surface area contributed by atoms with Crippen molar-refractivity contribution < 1.29 is 9.53 Å². The Labute approximate surface area is 114 Å². The second kappa shape index (κ2) is 5.85. The smallest absolute Gasteiger partial charge is 0.252 e. The first-order valence-electron chi connectivity index (χ1n) is 5.51. The van der Waals surface area contributed by atoms with E-state index in [1.165, 1.54) is 0 Å². The van der Waals surface area contributed by atoms with Crippen molar-refractivity contribution in [3.8, 4) is 0 Å². The van der Waals surface area contributed by atoms with Gasteiger partial charge in [0.05, 0.1) is 16.7 Å². The molecule has 0 aromatic heterocycles. The lowest BCUT2D eigenvalue weighted by Crippen LogP contribution is -2.31. The van der Waals surface area contributed by atoms with Crippen molar-refractivity contribution in [2.75, 3.05) is 13.2 Å². The number of hydrogen-bond donors (Lipinski definition) is 1. The third-order valence-electron chi connectivity index (χ3n) is 2.69. The predicted molar refractivity (Wildman–Crippen MR) is 70.5 cm³/mol. The summed E-state index contributed by atoms with van der Waals surface area (Å²) in [4.78, 5) is 11.9. The number of carbonyl (C=O) groups is 1. The minimum absolute atomic E-state index is 0.143. The molecule has 1 unspecified atom stereocenters. The van der Waals surface area contributed by atoms with E-state index in [0.29, 0.717) is 17.1 Å². The molecule has 17 heavy (non-hydrogen) atoms. The highest BCUT2D eigenvalue weighted by atomic mass is 79.9. The number of halogens is 2. The summed E-state index contributed by atoms with van der Waals surface area (Å²) in [6.45, 7) is 1.33. The van der Waals surface area contributed by atoms with Gasteiger partial charge in [0.25, 0.3) is 5.91 Å². The fraction of sp³-hybridized carbons (Fsp3) is 0.417. The van der Waals surface area contributed by atoms with Crippen LogP contribution >= 0.6 is 27.5 Å². The van der Waals surface area contributed by atoms with Crippen LogP contribution in [-0.2, 0) is 4.74 Å². The van der Waals surface area contributed by atoms with Gasteiger partial charge in [-0.1, -0.05) is 27.5 Å². The molecular weight excluding hydrogens is 305 g/mol. The summed E-state index contributed by atoms with van der Waals surface area (Å²) in [5, 5.41) is 3.30. The molecule has 0 bridgehead atoms. The normalized spacial score (nSPS) is 19.3. The molecule has 92 valence electrons. The third kappa shape index (κ3) is 3.44. The molecule has 1 aromatic rings. The van der Waals surface area contributed by atoms with Gasteiger partial charge < -0.3 is 10.1 Å². The van der Waals surface area contributed by atoms with Crippen molar-refractivity contribution in [3.63, 3.8) is 0 Å². The Hall–Kier alpha value is -0.580. The van der Waals surface area contributed by atoms with Gasteiger partial charge >= 0.3 is 0 Å². The van der Waals surface area contributed by atoms with Gasteiger partial charge in [-0.2, -0.15) is 0 Å². The zero-order valence-corrected chi connectivity index (χ0v) is 11.6. The lowest BCUT2D eigenvalue weighted by Gasteiger charge is -2.11. The number of ether oxygens (including phenoxy) is 1. The van der Waals surface area contributed by atoms with Gasteiger partial charge in [-0.3, -0.25) is 4.79 Å². The van der Waals surface area contributed by atoms with Crippen molar-refractivity contribution in [2.24, 2.45) is 0 Å². The number of carbonyl (C=O) groups excluding carboxylic acids is 1. The SMILES string of the molecule is O=C(NCC1CCCO1)c1cc(Br)ccc1Cl. The van der Waals surface area contributed by atoms with E-state index in [4.69, 9.17) is 16.3 Å². The van der Waals surface area contributed by atoms with Gasteiger partial charge in [-0.25, -0.2) is 0 Å². The summed E-state index contributed by atoms with van der Waals surface area (Å²) in [6, 6.07) is 5.22. The zero-order chi connectivity index (χ0) is 12.3. The van der Waals surface area contributed by atoms with E-state index < -0.39 is 0 Å². The Kier molecular flexibility index (Phi) is 4.42. The largest absolute Gasteiger partial charge is 0.376 e. The highest BCUT2D eigenvalue weighted by molar-refractivity contribution is 9.10. The second-order valence-electron chi connectivity index (χ2n) is 3.97. The summed E-state index contributed by atoms with van der Waals surface area (Å²) in [5.41, 5.74) is 0.485. The molecule has 1 amide bonds. The molecule has 1 fully saturated rings. The molecule has 0 spiro atoms. The van der Waals surface area contributed by atoms with Crippen molar-refractivity contribution in [1.82, 2.24) is 5.32 Å². The molecule has 0 saturated carbocycles. The van der Waals surface area contributed by atoms with Crippen LogP contribution in [0.15, 0.2) is 22.7 Å². The average molecular weight is 319 g/mol. The Bertz CT molecular complexity index is 419. The first kappa shape index (κ1) is 12.9. The van der Waals surface area contributed by atoms with Crippen LogP contribution in [0, 0.1) is 0 Å². The average Bonchev–Trinajstić information content (AvgIpc) is 2.82. The van der Waals surface area contributed by atoms with E-state index in [2.05, 4.69) is 21.2 Å². The summed E-state index contributed by atoms with van der Waals surface area (Å²) in [6.07, 6.45) is 2.22. The first-order chi connectivity index (χ1) is 8.16. The maximum absolute atomic E-state index is 11.9. The fourth-order valence-corrected chi connectivity index (χ4v) is 2.34. The molecule has 1 saturated heterocycles. The summed E-state index contributed by atoms with van der Waals surface area (Å²) < 4.78 is 6.27. The van der Waals surface area contributed by atoms with E-state index in [1.807, 2.05) is 0 Å². The number of amides is 1. The van der Waals surface area contributed by atoms with Crippen LogP contribution in [-0.4, -0.2) is 25.2 Å². The molecule has 1 atom stereocenters. The van der Waals surface area contributed by atoms with Crippen LogP contribution in [0.2, 0.25) is 5.02 Å². The maximum Gasteiger partial charge on any atom is 0.252 e. The van der Waals surface area contributed by atoms with Crippen LogP contribution in [0.4, 0.5) is 0 Å². The van der Waals surface area contributed by atoms with Crippen LogP contribution in [0.1, 0.15) is 23.2 Å². The van der Waals surface area contributed by atoms with Crippen LogP contribution < -0.4 is 5.32 Å². The monoisotopic (exact) mass is 317 g/mol. The van der Waals surface area contributed by atoms with E-state index >= 15 is 0 Å². The zero-order valence-electron chi connectivity index (χ0n) is 9.21. The number of benzene rings is 1. The highest BCUT2D eigenvalue weighted by Crippen LogP contribution is 2.21. The first-order valence-corrected chi connectivity index (χ1v) is 6.69. The molecule has 1 heterocycles. The van der Waals surface area contributed by atoms with E-state index in [1.54, 1.807) is 18.2 Å². The molecule has 1 N–H and O–H groups in total. The van der Waals surface area contributed by atoms with Crippen LogP contribution in [0.3, 0.4) is 0 Å². The lowest BCUT2D eigenvalue weighted by atomic mass is 10.2. The lowest BCUT2D eigenvalue weighted by molar-refractivity contribution is 0.0858. The Balaban J connectivity index is 1.96. The van der Waals surface area contributed by atoms with Gasteiger partial charge in [-0.05, 0) is 31.0 Å². The van der Waals surface area contributed by atoms with Crippen molar-refractivity contribution >= 4 is 33.4 Å². The summed E-state index contributed by atoms with van der Waals surface area (Å²) in [7, 11) is 0. The van der Waals surface area contributed by atoms with Gasteiger partial charge in [0.2, 0.25) is 0 Å². The third-order valence-corrected chi connectivity index (χ3v) is 3.51. The molecule has 1 aromatic carbocycles. The number of nitrogens with one attached hydrogen (secondary N) is 1. The molecule has 3 nitrogen and oxygen atoms in total. The second-order valence-corrected chi connectivity index (χ2v) is 5.29. The van der Waals surface area contributed by atoms with Crippen molar-refractivity contribution in [1.29, 1.82) is 0 Å². The van der Waals surface area contributed by atoms with Gasteiger partial charge in [0.15, 0.2) is 0 Å². The molecule has 1 aliphatic heterocycles. The number of rotatable bonds is 3. The minimum atomic E-state index is -0.160. The predicted octanol–water partition coefficient (Wildman–Crippen LogP) is 3.01. The van der Waals surface area contributed by atoms with Gasteiger partial charge in [0, 0.05) is 17.6 Å². The molecular formula is C12H13BrClNO2. The Morgan fingerprint density at radius 3 is 3.12 bits per heavy atom. The quantitative estimate of drug-likeness (QED) is 0.930. The van der Waals surface area contributed by atoms with Crippen LogP contribution in [0.5, 0.6) is 0 Å². The molecule has 2 rings (SSSR count). The van der Waals surface area contributed by atoms with Crippen LogP contribution in [0.25, 0.3) is 0 Å². The molecule has 0 aliphatic carbocycles. The van der Waals surface area contributed by atoms with E-state index in [9.17, 15) is 4.79 Å². The summed E-state index contributed by atoms with van der Waals surface area (Å²) in [5.74, 6) is -0.160. The van der Waals surface area contributed by atoms with Gasteiger partial charge in [-0.15, -0.1) is 0 Å². The molecule has 1 aliphatic rings. The van der Waals surface area contributed by atoms with Gasteiger partial charge in [0.1, 0.15) is 0 Å². The Morgan fingerprint density at radius 2 is 2.41 bits per heavy atom.